The highest BCUT2D eigenvalue weighted by Crippen LogP contribution is 2.44. The average molecular weight is 210 g/mol. The normalized spacial score (nSPS) is 30.4. The summed E-state index contributed by atoms with van der Waals surface area (Å²) in [6.07, 6.45) is 6.98. The van der Waals surface area contributed by atoms with Crippen molar-refractivity contribution in [1.82, 2.24) is 10.6 Å². The molecule has 0 radical (unpaired) electrons. The fraction of sp³-hybridized carbons (Fsp3) is 1.00. The largest absolute Gasteiger partial charge is 0.317 e. The maximum Gasteiger partial charge on any atom is 0.0124 e. The number of piperidine rings is 1. The van der Waals surface area contributed by atoms with Crippen LogP contribution in [0.4, 0.5) is 0 Å². The Morgan fingerprint density at radius 2 is 1.93 bits per heavy atom. The third kappa shape index (κ3) is 3.46. The van der Waals surface area contributed by atoms with Gasteiger partial charge in [-0.15, -0.1) is 0 Å². The van der Waals surface area contributed by atoms with Gasteiger partial charge in [0.15, 0.2) is 0 Å². The summed E-state index contributed by atoms with van der Waals surface area (Å²) in [4.78, 5) is 0. The van der Waals surface area contributed by atoms with Crippen LogP contribution in [-0.2, 0) is 0 Å². The molecule has 0 bridgehead atoms. The first-order valence-corrected chi connectivity index (χ1v) is 6.62. The van der Waals surface area contributed by atoms with E-state index in [4.69, 9.17) is 0 Å². The zero-order valence-electron chi connectivity index (χ0n) is 10.3. The van der Waals surface area contributed by atoms with Crippen molar-refractivity contribution in [2.24, 2.45) is 11.3 Å². The van der Waals surface area contributed by atoms with Gasteiger partial charge in [-0.1, -0.05) is 13.8 Å². The van der Waals surface area contributed by atoms with E-state index in [1.807, 2.05) is 0 Å². The summed E-state index contributed by atoms with van der Waals surface area (Å²) in [7, 11) is 0. The number of nitrogens with one attached hydrogen (secondary N) is 2. The minimum atomic E-state index is 0.592. The van der Waals surface area contributed by atoms with E-state index >= 15 is 0 Å². The molecule has 1 heterocycles. The van der Waals surface area contributed by atoms with Crippen LogP contribution < -0.4 is 10.6 Å². The molecule has 2 N–H and O–H groups in total. The Bertz CT molecular complexity index is 195. The van der Waals surface area contributed by atoms with Crippen molar-refractivity contribution in [2.75, 3.05) is 19.6 Å². The van der Waals surface area contributed by atoms with Crippen LogP contribution >= 0.6 is 0 Å². The van der Waals surface area contributed by atoms with Gasteiger partial charge >= 0.3 is 0 Å². The van der Waals surface area contributed by atoms with Crippen molar-refractivity contribution >= 4 is 0 Å². The van der Waals surface area contributed by atoms with Gasteiger partial charge in [-0.05, 0) is 63.1 Å². The lowest BCUT2D eigenvalue weighted by atomic mass is 9.93. The van der Waals surface area contributed by atoms with Gasteiger partial charge in [-0.25, -0.2) is 0 Å². The minimum absolute atomic E-state index is 0.592. The molecule has 0 aromatic rings. The van der Waals surface area contributed by atoms with Crippen LogP contribution in [0.25, 0.3) is 0 Å². The van der Waals surface area contributed by atoms with Gasteiger partial charge < -0.3 is 10.6 Å². The molecule has 1 saturated heterocycles. The van der Waals surface area contributed by atoms with Crippen molar-refractivity contribution in [3.63, 3.8) is 0 Å². The fourth-order valence-electron chi connectivity index (χ4n) is 2.65. The second-order valence-electron chi connectivity index (χ2n) is 6.04. The van der Waals surface area contributed by atoms with Gasteiger partial charge in [0.25, 0.3) is 0 Å². The molecular weight excluding hydrogens is 184 g/mol. The quantitative estimate of drug-likeness (QED) is 0.680. The molecule has 1 unspecified atom stereocenters. The Morgan fingerprint density at radius 1 is 1.27 bits per heavy atom. The smallest absolute Gasteiger partial charge is 0.0124 e. The first-order chi connectivity index (χ1) is 7.18. The van der Waals surface area contributed by atoms with Crippen molar-refractivity contribution in [3.8, 4) is 0 Å². The summed E-state index contributed by atoms with van der Waals surface area (Å²) >= 11 is 0. The lowest BCUT2D eigenvalue weighted by Crippen LogP contribution is -2.28. The van der Waals surface area contributed by atoms with E-state index in [1.54, 1.807) is 0 Å². The molecule has 1 atom stereocenters. The maximum absolute atomic E-state index is 3.67. The molecular formula is C13H26N2. The van der Waals surface area contributed by atoms with Gasteiger partial charge in [0.1, 0.15) is 0 Å². The molecule has 1 saturated carbocycles. The third-order valence-electron chi connectivity index (χ3n) is 4.15. The zero-order chi connectivity index (χ0) is 10.7. The van der Waals surface area contributed by atoms with Gasteiger partial charge in [-0.2, -0.15) is 0 Å². The van der Waals surface area contributed by atoms with Crippen molar-refractivity contribution in [2.45, 2.75) is 52.0 Å². The molecule has 1 aliphatic carbocycles. The predicted octanol–water partition coefficient (Wildman–Crippen LogP) is 2.15. The standard InChI is InChI=1S/C13H26N2/c1-13(2)10-12(13)15-7-3-4-11-5-8-14-9-6-11/h11-12,14-15H,3-10H2,1-2H3. The Labute approximate surface area is 94.2 Å². The summed E-state index contributed by atoms with van der Waals surface area (Å²) in [6.45, 7) is 8.44. The van der Waals surface area contributed by atoms with Crippen LogP contribution in [0.2, 0.25) is 0 Å². The Morgan fingerprint density at radius 3 is 2.53 bits per heavy atom. The minimum Gasteiger partial charge on any atom is -0.317 e. The molecule has 88 valence electrons. The van der Waals surface area contributed by atoms with E-state index in [0.717, 1.165) is 12.0 Å². The molecule has 1 aliphatic heterocycles. The van der Waals surface area contributed by atoms with Crippen LogP contribution in [0, 0.1) is 11.3 Å². The highest BCUT2D eigenvalue weighted by Gasteiger charge is 2.44. The van der Waals surface area contributed by atoms with Gasteiger partial charge in [0, 0.05) is 6.04 Å². The second kappa shape index (κ2) is 4.84. The summed E-state index contributed by atoms with van der Waals surface area (Å²) in [5.74, 6) is 1.00. The first-order valence-electron chi connectivity index (χ1n) is 6.62. The highest BCUT2D eigenvalue weighted by atomic mass is 15.0. The van der Waals surface area contributed by atoms with E-state index in [1.165, 1.54) is 51.7 Å². The number of hydrogen-bond acceptors (Lipinski definition) is 2. The van der Waals surface area contributed by atoms with E-state index in [-0.39, 0.29) is 0 Å². The molecule has 2 heteroatoms. The topological polar surface area (TPSA) is 24.1 Å². The zero-order valence-corrected chi connectivity index (χ0v) is 10.3. The van der Waals surface area contributed by atoms with Crippen molar-refractivity contribution < 1.29 is 0 Å². The maximum atomic E-state index is 3.67. The molecule has 2 rings (SSSR count). The lowest BCUT2D eigenvalue weighted by Gasteiger charge is -2.22. The first kappa shape index (κ1) is 11.4. The van der Waals surface area contributed by atoms with E-state index in [9.17, 15) is 0 Å². The summed E-state index contributed by atoms with van der Waals surface area (Å²) < 4.78 is 0. The molecule has 0 amide bonds. The van der Waals surface area contributed by atoms with Gasteiger partial charge in [0.2, 0.25) is 0 Å². The molecule has 15 heavy (non-hydrogen) atoms. The van der Waals surface area contributed by atoms with Crippen LogP contribution in [0.15, 0.2) is 0 Å². The summed E-state index contributed by atoms with van der Waals surface area (Å²) in [6, 6.07) is 0.811. The SMILES string of the molecule is CC1(C)CC1NCCCC1CCNCC1. The van der Waals surface area contributed by atoms with Crippen molar-refractivity contribution in [1.29, 1.82) is 0 Å². The average Bonchev–Trinajstić information content (AvgIpc) is 2.83. The lowest BCUT2D eigenvalue weighted by molar-refractivity contribution is 0.343. The van der Waals surface area contributed by atoms with Crippen molar-refractivity contribution in [3.05, 3.63) is 0 Å². The molecule has 2 fully saturated rings. The molecule has 0 aromatic carbocycles. The summed E-state index contributed by atoms with van der Waals surface area (Å²) in [5.41, 5.74) is 0.592. The summed E-state index contributed by atoms with van der Waals surface area (Å²) in [5, 5.41) is 7.10. The number of hydrogen-bond donors (Lipinski definition) is 2. The van der Waals surface area contributed by atoms with Gasteiger partial charge in [-0.3, -0.25) is 0 Å². The molecule has 2 aliphatic rings. The monoisotopic (exact) mass is 210 g/mol. The molecule has 0 aromatic heterocycles. The van der Waals surface area contributed by atoms with Crippen LogP contribution in [0.1, 0.15) is 46.0 Å². The van der Waals surface area contributed by atoms with Crippen LogP contribution in [0.5, 0.6) is 0 Å². The number of rotatable bonds is 5. The van der Waals surface area contributed by atoms with E-state index in [0.29, 0.717) is 5.41 Å². The fourth-order valence-corrected chi connectivity index (χ4v) is 2.65. The predicted molar refractivity (Wildman–Crippen MR) is 65.0 cm³/mol. The second-order valence-corrected chi connectivity index (χ2v) is 6.04. The molecule has 0 spiro atoms. The van der Waals surface area contributed by atoms with Crippen LogP contribution in [0.3, 0.4) is 0 Å². The Hall–Kier alpha value is -0.0800. The highest BCUT2D eigenvalue weighted by molar-refractivity contribution is 5.01. The van der Waals surface area contributed by atoms with Crippen LogP contribution in [-0.4, -0.2) is 25.7 Å². The Kier molecular flexibility index (Phi) is 3.68. The molecule has 2 nitrogen and oxygen atoms in total. The van der Waals surface area contributed by atoms with Gasteiger partial charge in [0.05, 0.1) is 0 Å². The van der Waals surface area contributed by atoms with E-state index < -0.39 is 0 Å². The third-order valence-corrected chi connectivity index (χ3v) is 4.15. The van der Waals surface area contributed by atoms with E-state index in [2.05, 4.69) is 24.5 Å². The Balaban J connectivity index is 1.48.